The van der Waals surface area contributed by atoms with Crippen LogP contribution >= 0.6 is 11.3 Å². The molecule has 1 aromatic heterocycles. The lowest BCUT2D eigenvalue weighted by Crippen LogP contribution is -2.40. The second-order valence-corrected chi connectivity index (χ2v) is 8.98. The van der Waals surface area contributed by atoms with Gasteiger partial charge >= 0.3 is 0 Å². The molecule has 2 heterocycles. The number of carbonyl (C=O) groups is 1. The zero-order chi connectivity index (χ0) is 15.9. The highest BCUT2D eigenvalue weighted by atomic mass is 32.2. The maximum atomic E-state index is 12.9. The molecule has 0 spiro atoms. The predicted molar refractivity (Wildman–Crippen MR) is 90.3 cm³/mol. The standard InChI is InChI=1S/C16H19NO3S2/c1-3-17(12-8-9-22(19,20)10-12)16(18)15-11(2)13-6-4-5-7-14(13)21-15/h4-7,12H,3,8-10H2,1-2H3/t12-/m1/s1. The molecule has 1 aliphatic heterocycles. The Kier molecular flexibility index (Phi) is 3.99. The van der Waals surface area contributed by atoms with Gasteiger partial charge in [-0.05, 0) is 37.3 Å². The number of hydrogen-bond donors (Lipinski definition) is 0. The van der Waals surface area contributed by atoms with Gasteiger partial charge in [0, 0.05) is 17.3 Å². The lowest BCUT2D eigenvalue weighted by molar-refractivity contribution is 0.0713. The van der Waals surface area contributed by atoms with E-state index >= 15 is 0 Å². The van der Waals surface area contributed by atoms with Crippen molar-refractivity contribution in [3.8, 4) is 0 Å². The number of rotatable bonds is 3. The number of carbonyl (C=O) groups excluding carboxylic acids is 1. The quantitative estimate of drug-likeness (QED) is 0.865. The van der Waals surface area contributed by atoms with Gasteiger partial charge in [-0.15, -0.1) is 11.3 Å². The molecule has 22 heavy (non-hydrogen) atoms. The third kappa shape index (κ3) is 2.65. The van der Waals surface area contributed by atoms with Crippen molar-refractivity contribution >= 4 is 37.2 Å². The number of benzene rings is 1. The molecule has 1 aliphatic rings. The van der Waals surface area contributed by atoms with E-state index in [1.54, 1.807) is 4.90 Å². The molecule has 1 atom stereocenters. The molecule has 3 rings (SSSR count). The average molecular weight is 337 g/mol. The summed E-state index contributed by atoms with van der Waals surface area (Å²) in [6, 6.07) is 7.78. The fourth-order valence-corrected chi connectivity index (χ4v) is 5.99. The summed E-state index contributed by atoms with van der Waals surface area (Å²) in [4.78, 5) is 15.4. The maximum Gasteiger partial charge on any atom is 0.264 e. The molecular weight excluding hydrogens is 318 g/mol. The van der Waals surface area contributed by atoms with Crippen LogP contribution in [0.15, 0.2) is 24.3 Å². The Hall–Kier alpha value is -1.40. The van der Waals surface area contributed by atoms with E-state index in [0.717, 1.165) is 20.5 Å². The fourth-order valence-electron chi connectivity index (χ4n) is 3.10. The lowest BCUT2D eigenvalue weighted by atomic mass is 10.1. The van der Waals surface area contributed by atoms with E-state index in [1.807, 2.05) is 38.1 Å². The van der Waals surface area contributed by atoms with Crippen LogP contribution in [0.2, 0.25) is 0 Å². The van der Waals surface area contributed by atoms with Crippen LogP contribution in [0.5, 0.6) is 0 Å². The summed E-state index contributed by atoms with van der Waals surface area (Å²) in [5.74, 6) is 0.243. The zero-order valence-corrected chi connectivity index (χ0v) is 14.3. The number of sulfone groups is 1. The summed E-state index contributed by atoms with van der Waals surface area (Å²) in [5.41, 5.74) is 0.991. The molecule has 0 saturated carbocycles. The van der Waals surface area contributed by atoms with Crippen molar-refractivity contribution in [2.24, 2.45) is 0 Å². The molecule has 0 radical (unpaired) electrons. The highest BCUT2D eigenvalue weighted by Crippen LogP contribution is 2.32. The summed E-state index contributed by atoms with van der Waals surface area (Å²) >= 11 is 1.49. The van der Waals surface area contributed by atoms with Gasteiger partial charge in [0.25, 0.3) is 5.91 Å². The Morgan fingerprint density at radius 2 is 2.09 bits per heavy atom. The Balaban J connectivity index is 1.95. The fraction of sp³-hybridized carbons (Fsp3) is 0.438. The van der Waals surface area contributed by atoms with Gasteiger partial charge in [-0.1, -0.05) is 18.2 Å². The van der Waals surface area contributed by atoms with E-state index in [9.17, 15) is 13.2 Å². The third-order valence-electron chi connectivity index (χ3n) is 4.29. The smallest absolute Gasteiger partial charge is 0.264 e. The third-order valence-corrected chi connectivity index (χ3v) is 7.30. The first-order chi connectivity index (χ1) is 10.4. The SMILES string of the molecule is CCN(C(=O)c1sc2ccccc2c1C)[C@@H]1CCS(=O)(=O)C1. The van der Waals surface area contributed by atoms with Crippen molar-refractivity contribution in [2.45, 2.75) is 26.3 Å². The summed E-state index contributed by atoms with van der Waals surface area (Å²) in [6.45, 7) is 4.41. The number of hydrogen-bond acceptors (Lipinski definition) is 4. The monoisotopic (exact) mass is 337 g/mol. The molecule has 1 aromatic carbocycles. The van der Waals surface area contributed by atoms with Crippen LogP contribution in [-0.4, -0.2) is 43.3 Å². The van der Waals surface area contributed by atoms with Crippen molar-refractivity contribution in [3.63, 3.8) is 0 Å². The van der Waals surface area contributed by atoms with Gasteiger partial charge in [-0.2, -0.15) is 0 Å². The molecule has 0 aliphatic carbocycles. The van der Waals surface area contributed by atoms with Gasteiger partial charge in [0.15, 0.2) is 9.84 Å². The maximum absolute atomic E-state index is 12.9. The number of thiophene rings is 1. The number of nitrogens with zero attached hydrogens (tertiary/aromatic N) is 1. The second kappa shape index (κ2) is 5.66. The highest BCUT2D eigenvalue weighted by molar-refractivity contribution is 7.91. The molecule has 1 amide bonds. The van der Waals surface area contributed by atoms with Crippen LogP contribution in [0.4, 0.5) is 0 Å². The molecule has 1 fully saturated rings. The average Bonchev–Trinajstić information content (AvgIpc) is 3.01. The lowest BCUT2D eigenvalue weighted by Gasteiger charge is -2.26. The summed E-state index contributed by atoms with van der Waals surface area (Å²) < 4.78 is 24.5. The molecule has 2 aromatic rings. The Labute approximate surface area is 134 Å². The van der Waals surface area contributed by atoms with Crippen LogP contribution in [0.1, 0.15) is 28.6 Å². The van der Waals surface area contributed by atoms with Gasteiger partial charge in [-0.3, -0.25) is 4.79 Å². The molecule has 118 valence electrons. The minimum Gasteiger partial charge on any atom is -0.334 e. The first-order valence-electron chi connectivity index (χ1n) is 7.42. The Morgan fingerprint density at radius 1 is 1.36 bits per heavy atom. The van der Waals surface area contributed by atoms with Crippen molar-refractivity contribution in [1.82, 2.24) is 4.90 Å². The van der Waals surface area contributed by atoms with Crippen LogP contribution < -0.4 is 0 Å². The minimum absolute atomic E-state index is 0.0386. The highest BCUT2D eigenvalue weighted by Gasteiger charge is 2.35. The van der Waals surface area contributed by atoms with Gasteiger partial charge < -0.3 is 4.90 Å². The normalized spacial score (nSPS) is 20.4. The summed E-state index contributed by atoms with van der Waals surface area (Å²) in [7, 11) is -2.99. The number of aryl methyl sites for hydroxylation is 1. The van der Waals surface area contributed by atoms with Gasteiger partial charge in [-0.25, -0.2) is 8.42 Å². The molecule has 0 bridgehead atoms. The van der Waals surface area contributed by atoms with Crippen molar-refractivity contribution in [1.29, 1.82) is 0 Å². The summed E-state index contributed by atoms with van der Waals surface area (Å²) in [6.07, 6.45) is 0.547. The van der Waals surface area contributed by atoms with E-state index in [1.165, 1.54) is 11.3 Å². The van der Waals surface area contributed by atoms with E-state index in [2.05, 4.69) is 0 Å². The van der Waals surface area contributed by atoms with Gasteiger partial charge in [0.05, 0.1) is 16.4 Å². The van der Waals surface area contributed by atoms with Gasteiger partial charge in [0.1, 0.15) is 0 Å². The summed E-state index contributed by atoms with van der Waals surface area (Å²) in [5, 5.41) is 1.10. The van der Waals surface area contributed by atoms with Crippen molar-refractivity contribution in [3.05, 3.63) is 34.7 Å². The van der Waals surface area contributed by atoms with Crippen LogP contribution in [0.3, 0.4) is 0 Å². The minimum atomic E-state index is -2.99. The van der Waals surface area contributed by atoms with E-state index in [0.29, 0.717) is 13.0 Å². The number of fused-ring (bicyclic) bond motifs is 1. The van der Waals surface area contributed by atoms with Crippen molar-refractivity contribution < 1.29 is 13.2 Å². The first-order valence-corrected chi connectivity index (χ1v) is 10.1. The molecule has 4 nitrogen and oxygen atoms in total. The molecule has 0 N–H and O–H groups in total. The predicted octanol–water partition coefficient (Wildman–Crippen LogP) is 2.86. The number of amides is 1. The van der Waals surface area contributed by atoms with E-state index in [4.69, 9.17) is 0 Å². The molecule has 0 unspecified atom stereocenters. The second-order valence-electron chi connectivity index (χ2n) is 5.70. The Bertz CT molecular complexity index is 823. The van der Waals surface area contributed by atoms with Gasteiger partial charge in [0.2, 0.25) is 0 Å². The van der Waals surface area contributed by atoms with E-state index < -0.39 is 9.84 Å². The molecular formula is C16H19NO3S2. The van der Waals surface area contributed by atoms with Crippen LogP contribution in [-0.2, 0) is 9.84 Å². The van der Waals surface area contributed by atoms with Crippen LogP contribution in [0.25, 0.3) is 10.1 Å². The first kappa shape index (κ1) is 15.5. The van der Waals surface area contributed by atoms with Crippen LogP contribution in [0, 0.1) is 6.92 Å². The molecule has 1 saturated heterocycles. The Morgan fingerprint density at radius 3 is 2.68 bits per heavy atom. The van der Waals surface area contributed by atoms with E-state index in [-0.39, 0.29) is 23.5 Å². The zero-order valence-electron chi connectivity index (χ0n) is 12.7. The topological polar surface area (TPSA) is 54.5 Å². The molecule has 6 heteroatoms. The largest absolute Gasteiger partial charge is 0.334 e. The van der Waals surface area contributed by atoms with Crippen molar-refractivity contribution in [2.75, 3.05) is 18.1 Å².